The quantitative estimate of drug-likeness (QED) is 0.853. The Hall–Kier alpha value is -1.41. The zero-order valence-corrected chi connectivity index (χ0v) is 12.6. The number of hydrogen-bond donors (Lipinski definition) is 1. The number of fused-ring (bicyclic) bond motifs is 1. The Morgan fingerprint density at radius 3 is 2.70 bits per heavy atom. The maximum Gasteiger partial charge on any atom is 0.137 e. The monoisotopic (exact) mass is 272 g/mol. The first-order chi connectivity index (χ1) is 9.49. The van der Waals surface area contributed by atoms with E-state index >= 15 is 0 Å². The van der Waals surface area contributed by atoms with Gasteiger partial charge < -0.3 is 5.11 Å². The van der Waals surface area contributed by atoms with Gasteiger partial charge in [-0.3, -0.25) is 4.79 Å². The number of rotatable bonds is 3. The van der Waals surface area contributed by atoms with E-state index in [9.17, 15) is 9.90 Å². The molecule has 0 aromatic heterocycles. The number of aliphatic hydroxyl groups excluding tert-OH is 1. The molecule has 2 rings (SSSR count). The topological polar surface area (TPSA) is 37.3 Å². The molecule has 1 aliphatic rings. The van der Waals surface area contributed by atoms with Crippen molar-refractivity contribution in [2.75, 3.05) is 0 Å². The van der Waals surface area contributed by atoms with Crippen LogP contribution in [-0.2, 0) is 17.8 Å². The van der Waals surface area contributed by atoms with Gasteiger partial charge in [0, 0.05) is 5.92 Å². The highest BCUT2D eigenvalue weighted by molar-refractivity contribution is 5.92. The van der Waals surface area contributed by atoms with E-state index in [1.807, 2.05) is 12.1 Å². The molecule has 0 heterocycles. The molecule has 0 amide bonds. The second kappa shape index (κ2) is 5.92. The number of carbonyl (C=O) groups excluding carboxylic acids is 1. The van der Waals surface area contributed by atoms with Crippen molar-refractivity contribution in [1.82, 2.24) is 0 Å². The van der Waals surface area contributed by atoms with Crippen molar-refractivity contribution in [1.29, 1.82) is 0 Å². The lowest BCUT2D eigenvalue weighted by Gasteiger charge is -2.27. The highest BCUT2D eigenvalue weighted by Gasteiger charge is 2.35. The largest absolute Gasteiger partial charge is 0.392 e. The molecular formula is C18H24O2. The first-order valence-corrected chi connectivity index (χ1v) is 7.41. The first kappa shape index (κ1) is 15.0. The number of benzene rings is 1. The van der Waals surface area contributed by atoms with Crippen molar-refractivity contribution < 1.29 is 9.90 Å². The molecule has 0 fully saturated rings. The third-order valence-electron chi connectivity index (χ3n) is 4.68. The standard InChI is InChI=1S/C18H24O2/c1-5-16-11(2)8-15-9-14(10-19)6-7-17(15)12(3)18(16)13(4)20/h6-7,9,11,16,18-19H,3,5,8,10H2,1-2,4H3/t11?,16-,18?/m0/s1. The van der Waals surface area contributed by atoms with E-state index in [0.717, 1.165) is 29.5 Å². The molecule has 108 valence electrons. The summed E-state index contributed by atoms with van der Waals surface area (Å²) in [7, 11) is 0. The zero-order valence-electron chi connectivity index (χ0n) is 12.6. The third kappa shape index (κ3) is 2.57. The van der Waals surface area contributed by atoms with Crippen LogP contribution in [0.5, 0.6) is 0 Å². The second-order valence-corrected chi connectivity index (χ2v) is 6.02. The Balaban J connectivity index is 2.53. The van der Waals surface area contributed by atoms with Crippen LogP contribution in [-0.4, -0.2) is 10.9 Å². The van der Waals surface area contributed by atoms with E-state index < -0.39 is 0 Å². The van der Waals surface area contributed by atoms with Crippen molar-refractivity contribution in [2.24, 2.45) is 17.8 Å². The molecule has 1 aliphatic carbocycles. The summed E-state index contributed by atoms with van der Waals surface area (Å²) in [5, 5.41) is 9.30. The molecule has 3 atom stereocenters. The molecule has 1 aromatic rings. The van der Waals surface area contributed by atoms with Gasteiger partial charge in [-0.1, -0.05) is 45.0 Å². The van der Waals surface area contributed by atoms with Crippen LogP contribution in [0.4, 0.5) is 0 Å². The van der Waals surface area contributed by atoms with Crippen LogP contribution in [0, 0.1) is 17.8 Å². The Bertz CT molecular complexity index is 530. The smallest absolute Gasteiger partial charge is 0.137 e. The molecule has 0 saturated heterocycles. The summed E-state index contributed by atoms with van der Waals surface area (Å²) in [5.74, 6) is 0.940. The van der Waals surface area contributed by atoms with E-state index in [0.29, 0.717) is 11.8 Å². The van der Waals surface area contributed by atoms with E-state index in [2.05, 4.69) is 26.5 Å². The molecule has 20 heavy (non-hydrogen) atoms. The molecule has 0 bridgehead atoms. The third-order valence-corrected chi connectivity index (χ3v) is 4.68. The molecule has 1 aromatic carbocycles. The summed E-state index contributed by atoms with van der Waals surface area (Å²) in [6, 6.07) is 6.01. The second-order valence-electron chi connectivity index (χ2n) is 6.02. The van der Waals surface area contributed by atoms with E-state index in [4.69, 9.17) is 0 Å². The van der Waals surface area contributed by atoms with Crippen molar-refractivity contribution in [3.8, 4) is 0 Å². The van der Waals surface area contributed by atoms with Crippen molar-refractivity contribution in [3.05, 3.63) is 41.5 Å². The Morgan fingerprint density at radius 2 is 2.15 bits per heavy atom. The van der Waals surface area contributed by atoms with Crippen molar-refractivity contribution in [3.63, 3.8) is 0 Å². The zero-order chi connectivity index (χ0) is 14.9. The predicted octanol–water partition coefficient (Wildman–Crippen LogP) is 3.62. The summed E-state index contributed by atoms with van der Waals surface area (Å²) in [6.45, 7) is 10.3. The van der Waals surface area contributed by atoms with Gasteiger partial charge in [0.25, 0.3) is 0 Å². The Labute approximate surface area is 121 Å². The fraction of sp³-hybridized carbons (Fsp3) is 0.500. The van der Waals surface area contributed by atoms with Crippen LogP contribution in [0.15, 0.2) is 24.8 Å². The predicted molar refractivity (Wildman–Crippen MR) is 82.2 cm³/mol. The lowest BCUT2D eigenvalue weighted by atomic mass is 9.75. The highest BCUT2D eigenvalue weighted by Crippen LogP contribution is 2.41. The minimum absolute atomic E-state index is 0.0570. The van der Waals surface area contributed by atoms with E-state index in [-0.39, 0.29) is 18.3 Å². The van der Waals surface area contributed by atoms with E-state index in [1.165, 1.54) is 5.56 Å². The van der Waals surface area contributed by atoms with Crippen LogP contribution in [0.1, 0.15) is 43.9 Å². The minimum Gasteiger partial charge on any atom is -0.392 e. The van der Waals surface area contributed by atoms with Crippen molar-refractivity contribution >= 4 is 11.4 Å². The number of Topliss-reactive ketones (excluding diaryl/α,β-unsaturated/α-hetero) is 1. The average Bonchev–Trinajstić information content (AvgIpc) is 2.52. The number of aliphatic hydroxyl groups is 1. The summed E-state index contributed by atoms with van der Waals surface area (Å²) in [4.78, 5) is 12.1. The molecule has 2 heteroatoms. The molecule has 0 aliphatic heterocycles. The van der Waals surface area contributed by atoms with Gasteiger partial charge in [-0.25, -0.2) is 0 Å². The fourth-order valence-corrected chi connectivity index (χ4v) is 3.67. The normalized spacial score (nSPS) is 26.0. The molecule has 0 radical (unpaired) electrons. The number of carbonyl (C=O) groups is 1. The van der Waals surface area contributed by atoms with Crippen LogP contribution in [0.25, 0.3) is 5.57 Å². The van der Waals surface area contributed by atoms with Gasteiger partial charge in [0.05, 0.1) is 6.61 Å². The first-order valence-electron chi connectivity index (χ1n) is 7.41. The molecular weight excluding hydrogens is 248 g/mol. The Morgan fingerprint density at radius 1 is 1.45 bits per heavy atom. The fourth-order valence-electron chi connectivity index (χ4n) is 3.67. The van der Waals surface area contributed by atoms with Crippen LogP contribution < -0.4 is 0 Å². The lowest BCUT2D eigenvalue weighted by molar-refractivity contribution is -0.120. The van der Waals surface area contributed by atoms with Gasteiger partial charge in [-0.05, 0) is 47.4 Å². The van der Waals surface area contributed by atoms with Crippen molar-refractivity contribution in [2.45, 2.75) is 40.2 Å². The SMILES string of the molecule is C=C1c2ccc(CO)cc2CC(C)[C@H](CC)C1C(C)=O. The Kier molecular flexibility index (Phi) is 4.44. The maximum absolute atomic E-state index is 12.1. The van der Waals surface area contributed by atoms with Gasteiger partial charge in [0.2, 0.25) is 0 Å². The summed E-state index contributed by atoms with van der Waals surface area (Å²) in [6.07, 6.45) is 1.94. The summed E-state index contributed by atoms with van der Waals surface area (Å²) < 4.78 is 0. The van der Waals surface area contributed by atoms with Gasteiger partial charge >= 0.3 is 0 Å². The number of allylic oxidation sites excluding steroid dienone is 1. The average molecular weight is 272 g/mol. The summed E-state index contributed by atoms with van der Waals surface area (Å²) in [5.41, 5.74) is 4.20. The van der Waals surface area contributed by atoms with Crippen LogP contribution in [0.3, 0.4) is 0 Å². The number of ketones is 1. The minimum atomic E-state index is -0.0729. The maximum atomic E-state index is 12.1. The van der Waals surface area contributed by atoms with Crippen LogP contribution >= 0.6 is 0 Å². The summed E-state index contributed by atoms with van der Waals surface area (Å²) >= 11 is 0. The van der Waals surface area contributed by atoms with Gasteiger partial charge in [-0.2, -0.15) is 0 Å². The van der Waals surface area contributed by atoms with Gasteiger partial charge in [0.1, 0.15) is 5.78 Å². The highest BCUT2D eigenvalue weighted by atomic mass is 16.3. The van der Waals surface area contributed by atoms with Gasteiger partial charge in [-0.15, -0.1) is 0 Å². The van der Waals surface area contributed by atoms with Crippen LogP contribution in [0.2, 0.25) is 0 Å². The molecule has 2 unspecified atom stereocenters. The molecule has 2 nitrogen and oxygen atoms in total. The molecule has 0 saturated carbocycles. The molecule has 0 spiro atoms. The molecule has 1 N–H and O–H groups in total. The number of hydrogen-bond acceptors (Lipinski definition) is 2. The lowest BCUT2D eigenvalue weighted by Crippen LogP contribution is -2.26. The van der Waals surface area contributed by atoms with E-state index in [1.54, 1.807) is 6.92 Å². The van der Waals surface area contributed by atoms with Gasteiger partial charge in [0.15, 0.2) is 0 Å².